The molecular weight excluding hydrogens is 254 g/mol. The molecule has 4 heteroatoms. The van der Waals surface area contributed by atoms with Crippen LogP contribution in [0.2, 0.25) is 0 Å². The quantitative estimate of drug-likeness (QED) is 0.849. The van der Waals surface area contributed by atoms with Gasteiger partial charge >= 0.3 is 5.97 Å². The zero-order chi connectivity index (χ0) is 14.5. The summed E-state index contributed by atoms with van der Waals surface area (Å²) in [6.45, 7) is 1.29. The van der Waals surface area contributed by atoms with E-state index in [9.17, 15) is 9.90 Å². The van der Waals surface area contributed by atoms with Gasteiger partial charge in [0.15, 0.2) is 0 Å². The minimum atomic E-state index is -0.772. The van der Waals surface area contributed by atoms with Gasteiger partial charge in [-0.05, 0) is 36.9 Å². The van der Waals surface area contributed by atoms with Crippen LogP contribution in [0.25, 0.3) is 10.8 Å². The van der Waals surface area contributed by atoms with E-state index in [1.54, 1.807) is 6.07 Å². The number of carboxylic acids is 1. The fourth-order valence-electron chi connectivity index (χ4n) is 2.34. The summed E-state index contributed by atoms with van der Waals surface area (Å²) >= 11 is 0. The highest BCUT2D eigenvalue weighted by molar-refractivity contribution is 5.87. The summed E-state index contributed by atoms with van der Waals surface area (Å²) in [7, 11) is 1.93. The van der Waals surface area contributed by atoms with E-state index < -0.39 is 5.97 Å². The Morgan fingerprint density at radius 2 is 1.95 bits per heavy atom. The summed E-state index contributed by atoms with van der Waals surface area (Å²) in [6.07, 6.45) is 0.781. The van der Waals surface area contributed by atoms with E-state index in [2.05, 4.69) is 0 Å². The molecule has 106 valence electrons. The molecule has 0 aromatic heterocycles. The van der Waals surface area contributed by atoms with Crippen LogP contribution >= 0.6 is 0 Å². The summed E-state index contributed by atoms with van der Waals surface area (Å²) in [5.74, 6) is -0.486. The molecule has 0 saturated carbocycles. The van der Waals surface area contributed by atoms with E-state index >= 15 is 0 Å². The van der Waals surface area contributed by atoms with Gasteiger partial charge in [0.1, 0.15) is 5.75 Å². The van der Waals surface area contributed by atoms with E-state index in [-0.39, 0.29) is 12.2 Å². The van der Waals surface area contributed by atoms with Crippen molar-refractivity contribution >= 4 is 16.7 Å². The Kier molecular flexibility index (Phi) is 4.58. The number of carbonyl (C=O) groups is 1. The molecule has 20 heavy (non-hydrogen) atoms. The van der Waals surface area contributed by atoms with Crippen LogP contribution in [0.4, 0.5) is 0 Å². The Hall–Kier alpha value is -2.07. The summed E-state index contributed by atoms with van der Waals surface area (Å²) in [4.78, 5) is 12.5. The van der Waals surface area contributed by atoms with Gasteiger partial charge in [-0.2, -0.15) is 0 Å². The molecule has 2 N–H and O–H groups in total. The lowest BCUT2D eigenvalue weighted by Crippen LogP contribution is -2.20. The highest BCUT2D eigenvalue weighted by atomic mass is 16.4. The van der Waals surface area contributed by atoms with Crippen molar-refractivity contribution in [1.29, 1.82) is 0 Å². The molecule has 0 fully saturated rings. The number of aliphatic carboxylic acids is 1. The molecule has 2 aromatic rings. The number of aromatic hydroxyl groups is 1. The lowest BCUT2D eigenvalue weighted by atomic mass is 10.0. The summed E-state index contributed by atoms with van der Waals surface area (Å²) < 4.78 is 0. The molecule has 0 aliphatic rings. The zero-order valence-electron chi connectivity index (χ0n) is 11.5. The van der Waals surface area contributed by atoms with Gasteiger partial charge in [-0.25, -0.2) is 0 Å². The van der Waals surface area contributed by atoms with Crippen molar-refractivity contribution < 1.29 is 15.0 Å². The molecule has 0 saturated heterocycles. The molecule has 0 heterocycles. The number of hydrogen-bond acceptors (Lipinski definition) is 3. The van der Waals surface area contributed by atoms with E-state index in [0.29, 0.717) is 19.5 Å². The fourth-order valence-corrected chi connectivity index (χ4v) is 2.34. The van der Waals surface area contributed by atoms with Crippen molar-refractivity contribution in [2.75, 3.05) is 13.6 Å². The van der Waals surface area contributed by atoms with E-state index in [0.717, 1.165) is 16.3 Å². The largest absolute Gasteiger partial charge is 0.508 e. The second-order valence-corrected chi connectivity index (χ2v) is 5.02. The van der Waals surface area contributed by atoms with Gasteiger partial charge < -0.3 is 15.1 Å². The van der Waals surface area contributed by atoms with Gasteiger partial charge in [-0.1, -0.05) is 30.3 Å². The van der Waals surface area contributed by atoms with Crippen molar-refractivity contribution in [3.8, 4) is 5.75 Å². The number of benzene rings is 2. The smallest absolute Gasteiger partial charge is 0.303 e. The predicted molar refractivity (Wildman–Crippen MR) is 78.8 cm³/mol. The number of nitrogens with zero attached hydrogens (tertiary/aromatic N) is 1. The van der Waals surface area contributed by atoms with E-state index in [1.165, 1.54) is 0 Å². The van der Waals surface area contributed by atoms with Crippen molar-refractivity contribution in [3.05, 3.63) is 42.0 Å². The normalized spacial score (nSPS) is 11.1. The number of phenols is 1. The first-order valence-electron chi connectivity index (χ1n) is 6.68. The topological polar surface area (TPSA) is 60.8 Å². The Morgan fingerprint density at radius 3 is 2.70 bits per heavy atom. The Morgan fingerprint density at radius 1 is 1.20 bits per heavy atom. The number of rotatable bonds is 6. The molecule has 2 rings (SSSR count). The van der Waals surface area contributed by atoms with Crippen molar-refractivity contribution in [1.82, 2.24) is 4.90 Å². The molecule has 0 radical (unpaired) electrons. The lowest BCUT2D eigenvalue weighted by molar-refractivity contribution is -0.137. The Bertz CT molecular complexity index is 610. The molecule has 0 atom stereocenters. The Balaban J connectivity index is 2.12. The zero-order valence-corrected chi connectivity index (χ0v) is 11.5. The third-order valence-corrected chi connectivity index (χ3v) is 3.37. The number of hydrogen-bond donors (Lipinski definition) is 2. The maximum atomic E-state index is 10.5. The minimum Gasteiger partial charge on any atom is -0.508 e. The molecule has 2 aromatic carbocycles. The monoisotopic (exact) mass is 273 g/mol. The standard InChI is InChI=1S/C16H19NO3/c1-17(10-4-7-16(19)20)11-14-13-6-3-2-5-12(13)8-9-15(14)18/h2-3,5-6,8-9,18H,4,7,10-11H2,1H3,(H,19,20). The highest BCUT2D eigenvalue weighted by Gasteiger charge is 2.09. The van der Waals surface area contributed by atoms with Crippen LogP contribution in [0.5, 0.6) is 5.75 Å². The van der Waals surface area contributed by atoms with Crippen LogP contribution in [-0.2, 0) is 11.3 Å². The maximum Gasteiger partial charge on any atom is 0.303 e. The van der Waals surface area contributed by atoms with Crippen LogP contribution in [0.1, 0.15) is 18.4 Å². The van der Waals surface area contributed by atoms with Gasteiger partial charge in [0.2, 0.25) is 0 Å². The van der Waals surface area contributed by atoms with Crippen molar-refractivity contribution in [3.63, 3.8) is 0 Å². The second kappa shape index (κ2) is 6.39. The van der Waals surface area contributed by atoms with Crippen LogP contribution < -0.4 is 0 Å². The average molecular weight is 273 g/mol. The first-order chi connectivity index (χ1) is 9.58. The molecule has 0 bridgehead atoms. The average Bonchev–Trinajstić information content (AvgIpc) is 2.41. The summed E-state index contributed by atoms with van der Waals surface area (Å²) in [6, 6.07) is 11.6. The van der Waals surface area contributed by atoms with Gasteiger partial charge in [-0.3, -0.25) is 4.79 Å². The molecule has 0 aliphatic carbocycles. The van der Waals surface area contributed by atoms with Crippen LogP contribution in [0.15, 0.2) is 36.4 Å². The summed E-state index contributed by atoms with van der Waals surface area (Å²) in [5, 5.41) is 20.8. The van der Waals surface area contributed by atoms with E-state index in [1.807, 2.05) is 42.3 Å². The minimum absolute atomic E-state index is 0.172. The third-order valence-electron chi connectivity index (χ3n) is 3.37. The van der Waals surface area contributed by atoms with Crippen molar-refractivity contribution in [2.24, 2.45) is 0 Å². The summed E-state index contributed by atoms with van der Waals surface area (Å²) in [5.41, 5.74) is 0.890. The predicted octanol–water partition coefficient (Wildman–Crippen LogP) is 2.84. The molecule has 0 spiro atoms. The highest BCUT2D eigenvalue weighted by Crippen LogP contribution is 2.28. The third kappa shape index (κ3) is 3.48. The van der Waals surface area contributed by atoms with E-state index in [4.69, 9.17) is 5.11 Å². The SMILES string of the molecule is CN(CCCC(=O)O)Cc1c(O)ccc2ccccc12. The van der Waals surface area contributed by atoms with Gasteiger partial charge in [0.05, 0.1) is 0 Å². The number of phenolic OH excluding ortho intramolecular Hbond substituents is 1. The molecular formula is C16H19NO3. The number of fused-ring (bicyclic) bond motifs is 1. The van der Waals surface area contributed by atoms with Gasteiger partial charge in [-0.15, -0.1) is 0 Å². The van der Waals surface area contributed by atoms with Crippen LogP contribution in [0, 0.1) is 0 Å². The second-order valence-electron chi connectivity index (χ2n) is 5.02. The Labute approximate surface area is 118 Å². The van der Waals surface area contributed by atoms with Gasteiger partial charge in [0.25, 0.3) is 0 Å². The lowest BCUT2D eigenvalue weighted by Gasteiger charge is -2.18. The van der Waals surface area contributed by atoms with Crippen LogP contribution in [0.3, 0.4) is 0 Å². The first-order valence-corrected chi connectivity index (χ1v) is 6.68. The first kappa shape index (κ1) is 14.3. The molecule has 0 aliphatic heterocycles. The maximum absolute atomic E-state index is 10.5. The molecule has 4 nitrogen and oxygen atoms in total. The van der Waals surface area contributed by atoms with Crippen LogP contribution in [-0.4, -0.2) is 34.7 Å². The fraction of sp³-hybridized carbons (Fsp3) is 0.312. The van der Waals surface area contributed by atoms with Gasteiger partial charge in [0, 0.05) is 18.5 Å². The molecule has 0 unspecified atom stereocenters. The van der Waals surface area contributed by atoms with Crippen molar-refractivity contribution in [2.45, 2.75) is 19.4 Å². The molecule has 0 amide bonds. The number of carboxylic acid groups (broad SMARTS) is 1.